The Hall–Kier alpha value is -1.26. The van der Waals surface area contributed by atoms with E-state index in [-0.39, 0.29) is 24.5 Å². The van der Waals surface area contributed by atoms with Crippen molar-refractivity contribution in [2.24, 2.45) is 5.92 Å². The van der Waals surface area contributed by atoms with Gasteiger partial charge in [0.15, 0.2) is 0 Å². The fraction of sp³-hybridized carbons (Fsp3) is 0.857. The average Bonchev–Trinajstić information content (AvgIpc) is 3.17. The summed E-state index contributed by atoms with van der Waals surface area (Å²) in [5.74, 6) is -0.309. The number of carbonyl (C=O) groups is 2. The highest BCUT2D eigenvalue weighted by Crippen LogP contribution is 2.30. The lowest BCUT2D eigenvalue weighted by Gasteiger charge is -2.40. The van der Waals surface area contributed by atoms with E-state index in [2.05, 4.69) is 13.8 Å². The Labute approximate surface area is 114 Å². The Balaban J connectivity index is 1.99. The molecule has 2 fully saturated rings. The molecule has 2 aliphatic rings. The molecule has 2 rings (SSSR count). The summed E-state index contributed by atoms with van der Waals surface area (Å²) < 4.78 is 0. The van der Waals surface area contributed by atoms with Crippen molar-refractivity contribution in [1.82, 2.24) is 9.80 Å². The normalized spacial score (nSPS) is 27.2. The summed E-state index contributed by atoms with van der Waals surface area (Å²) >= 11 is 0. The number of carboxylic acid groups (broad SMARTS) is 1. The fourth-order valence-electron chi connectivity index (χ4n) is 2.81. The minimum Gasteiger partial charge on any atom is -0.481 e. The molecule has 2 atom stereocenters. The number of hydrogen-bond donors (Lipinski definition) is 1. The highest BCUT2D eigenvalue weighted by atomic mass is 16.4. The monoisotopic (exact) mass is 268 g/mol. The van der Waals surface area contributed by atoms with Crippen LogP contribution in [0.1, 0.15) is 46.0 Å². The van der Waals surface area contributed by atoms with E-state index >= 15 is 0 Å². The van der Waals surface area contributed by atoms with Gasteiger partial charge in [-0.25, -0.2) is 4.79 Å². The topological polar surface area (TPSA) is 60.9 Å². The van der Waals surface area contributed by atoms with Crippen LogP contribution in [-0.4, -0.2) is 52.1 Å². The number of urea groups is 1. The van der Waals surface area contributed by atoms with Crippen LogP contribution in [0.2, 0.25) is 0 Å². The van der Waals surface area contributed by atoms with Crippen molar-refractivity contribution < 1.29 is 14.7 Å². The molecular weight excluding hydrogens is 244 g/mol. The van der Waals surface area contributed by atoms with Gasteiger partial charge < -0.3 is 14.9 Å². The van der Waals surface area contributed by atoms with Crippen molar-refractivity contribution in [1.29, 1.82) is 0 Å². The van der Waals surface area contributed by atoms with Gasteiger partial charge in [-0.3, -0.25) is 4.79 Å². The second kappa shape index (κ2) is 5.80. The van der Waals surface area contributed by atoms with E-state index in [0.29, 0.717) is 12.5 Å². The summed E-state index contributed by atoms with van der Waals surface area (Å²) in [7, 11) is 0. The van der Waals surface area contributed by atoms with Gasteiger partial charge in [0.05, 0.1) is 6.42 Å². The minimum atomic E-state index is -0.835. The average molecular weight is 268 g/mol. The maximum atomic E-state index is 12.6. The molecule has 1 heterocycles. The summed E-state index contributed by atoms with van der Waals surface area (Å²) in [6.45, 7) is 5.43. The number of aliphatic carboxylic acids is 1. The smallest absolute Gasteiger partial charge is 0.320 e. The van der Waals surface area contributed by atoms with Crippen molar-refractivity contribution in [2.45, 2.75) is 58.0 Å². The molecule has 0 radical (unpaired) electrons. The molecule has 2 unspecified atom stereocenters. The van der Waals surface area contributed by atoms with Gasteiger partial charge in [0.2, 0.25) is 0 Å². The van der Waals surface area contributed by atoms with E-state index < -0.39 is 5.97 Å². The predicted octanol–water partition coefficient (Wildman–Crippen LogP) is 2.17. The number of amides is 2. The van der Waals surface area contributed by atoms with Crippen LogP contribution in [0.4, 0.5) is 4.79 Å². The van der Waals surface area contributed by atoms with Crippen molar-refractivity contribution >= 4 is 12.0 Å². The Bertz CT molecular complexity index is 355. The minimum absolute atomic E-state index is 0.0417. The van der Waals surface area contributed by atoms with Gasteiger partial charge in [-0.05, 0) is 38.5 Å². The molecule has 0 bridgehead atoms. The zero-order valence-corrected chi connectivity index (χ0v) is 11.8. The van der Waals surface area contributed by atoms with E-state index in [9.17, 15) is 9.59 Å². The number of hydrogen-bond acceptors (Lipinski definition) is 2. The molecule has 0 aromatic heterocycles. The van der Waals surface area contributed by atoms with Crippen LogP contribution in [0.15, 0.2) is 0 Å². The molecule has 5 nitrogen and oxygen atoms in total. The first-order valence-electron chi connectivity index (χ1n) is 7.29. The quantitative estimate of drug-likeness (QED) is 0.850. The molecule has 1 saturated heterocycles. The van der Waals surface area contributed by atoms with Gasteiger partial charge in [-0.1, -0.05) is 6.92 Å². The van der Waals surface area contributed by atoms with Crippen LogP contribution in [0.25, 0.3) is 0 Å². The molecule has 0 aromatic carbocycles. The third kappa shape index (κ3) is 3.39. The number of nitrogens with zero attached hydrogens (tertiary/aromatic N) is 2. The maximum Gasteiger partial charge on any atom is 0.320 e. The SMILES string of the molecule is CC1CCCN(C(=O)N(CCC(=O)O)C2CC2)C1C. The molecule has 1 aliphatic heterocycles. The van der Waals surface area contributed by atoms with Gasteiger partial charge in [0.1, 0.15) is 0 Å². The van der Waals surface area contributed by atoms with Crippen molar-refractivity contribution in [3.63, 3.8) is 0 Å². The zero-order chi connectivity index (χ0) is 14.0. The Kier molecular flexibility index (Phi) is 4.32. The number of carbonyl (C=O) groups excluding carboxylic acids is 1. The molecule has 0 aromatic rings. The third-order valence-electron chi connectivity index (χ3n) is 4.42. The molecule has 1 saturated carbocycles. The van der Waals surface area contributed by atoms with Gasteiger partial charge in [0, 0.05) is 25.2 Å². The van der Waals surface area contributed by atoms with Crippen LogP contribution in [0.5, 0.6) is 0 Å². The number of piperidine rings is 1. The summed E-state index contributed by atoms with van der Waals surface area (Å²) in [4.78, 5) is 27.0. The Morgan fingerprint density at radius 2 is 1.95 bits per heavy atom. The molecule has 19 heavy (non-hydrogen) atoms. The fourth-order valence-corrected chi connectivity index (χ4v) is 2.81. The van der Waals surface area contributed by atoms with E-state index in [4.69, 9.17) is 5.11 Å². The van der Waals surface area contributed by atoms with Crippen molar-refractivity contribution in [2.75, 3.05) is 13.1 Å². The van der Waals surface area contributed by atoms with Gasteiger partial charge in [-0.2, -0.15) is 0 Å². The van der Waals surface area contributed by atoms with Crippen LogP contribution >= 0.6 is 0 Å². The highest BCUT2D eigenvalue weighted by Gasteiger charge is 2.38. The summed E-state index contributed by atoms with van der Waals surface area (Å²) in [6, 6.07) is 0.575. The second-order valence-corrected chi connectivity index (χ2v) is 5.90. The van der Waals surface area contributed by atoms with E-state index in [0.717, 1.165) is 25.8 Å². The van der Waals surface area contributed by atoms with Gasteiger partial charge in [-0.15, -0.1) is 0 Å². The molecule has 1 N–H and O–H groups in total. The largest absolute Gasteiger partial charge is 0.481 e. The Morgan fingerprint density at radius 3 is 2.53 bits per heavy atom. The van der Waals surface area contributed by atoms with Crippen LogP contribution in [0.3, 0.4) is 0 Å². The van der Waals surface area contributed by atoms with Crippen molar-refractivity contribution in [3.05, 3.63) is 0 Å². The standard InChI is InChI=1S/C14H24N2O3/c1-10-4-3-8-15(11(10)2)14(19)16(12-5-6-12)9-7-13(17)18/h10-12H,3-9H2,1-2H3,(H,17,18). The predicted molar refractivity (Wildman–Crippen MR) is 71.9 cm³/mol. The molecule has 1 aliphatic carbocycles. The van der Waals surface area contributed by atoms with Crippen molar-refractivity contribution in [3.8, 4) is 0 Å². The van der Waals surface area contributed by atoms with Gasteiger partial charge in [0.25, 0.3) is 0 Å². The lowest BCUT2D eigenvalue weighted by molar-refractivity contribution is -0.137. The summed E-state index contributed by atoms with van der Waals surface area (Å²) in [5.41, 5.74) is 0. The highest BCUT2D eigenvalue weighted by molar-refractivity contribution is 5.76. The number of likely N-dealkylation sites (tertiary alicyclic amines) is 1. The van der Waals surface area contributed by atoms with E-state index in [1.54, 1.807) is 4.90 Å². The first-order chi connectivity index (χ1) is 9.00. The first-order valence-corrected chi connectivity index (χ1v) is 7.29. The van der Waals surface area contributed by atoms with E-state index in [1.807, 2.05) is 4.90 Å². The molecule has 5 heteroatoms. The number of carboxylic acids is 1. The zero-order valence-electron chi connectivity index (χ0n) is 11.8. The molecule has 108 valence electrons. The molecule has 2 amide bonds. The van der Waals surface area contributed by atoms with E-state index in [1.165, 1.54) is 6.42 Å². The molecule has 0 spiro atoms. The molecular formula is C14H24N2O3. The number of rotatable bonds is 4. The summed E-state index contributed by atoms with van der Waals surface area (Å²) in [5, 5.41) is 8.80. The van der Waals surface area contributed by atoms with Crippen LogP contribution in [0, 0.1) is 5.92 Å². The third-order valence-corrected chi connectivity index (χ3v) is 4.42. The Morgan fingerprint density at radius 1 is 1.26 bits per heavy atom. The maximum absolute atomic E-state index is 12.6. The van der Waals surface area contributed by atoms with Crippen LogP contribution in [-0.2, 0) is 4.79 Å². The first kappa shape index (κ1) is 14.2. The lowest BCUT2D eigenvalue weighted by Crippen LogP contribution is -2.52. The summed E-state index contributed by atoms with van der Waals surface area (Å²) in [6.07, 6.45) is 4.30. The lowest BCUT2D eigenvalue weighted by atomic mass is 9.92. The van der Waals surface area contributed by atoms with Gasteiger partial charge >= 0.3 is 12.0 Å². The second-order valence-electron chi connectivity index (χ2n) is 5.90. The van der Waals surface area contributed by atoms with Crippen LogP contribution < -0.4 is 0 Å².